The summed E-state index contributed by atoms with van der Waals surface area (Å²) in [4.78, 5) is 11.0. The molecule has 4 heteroatoms. The summed E-state index contributed by atoms with van der Waals surface area (Å²) in [5.41, 5.74) is 0.558. The average molecular weight is 197 g/mol. The molecule has 1 aromatic carbocycles. The van der Waals surface area contributed by atoms with Crippen LogP contribution in [-0.2, 0) is 9.53 Å². The van der Waals surface area contributed by atoms with E-state index in [2.05, 4.69) is 10.1 Å². The number of esters is 1. The Hall–Kier alpha value is -1.58. The molecular weight excluding hydrogens is 185 g/mol. The Morgan fingerprint density at radius 3 is 2.86 bits per heavy atom. The van der Waals surface area contributed by atoms with Crippen molar-refractivity contribution in [3.63, 3.8) is 0 Å². The van der Waals surface area contributed by atoms with Gasteiger partial charge in [-0.1, -0.05) is 6.07 Å². The van der Waals surface area contributed by atoms with Crippen molar-refractivity contribution in [2.75, 3.05) is 12.4 Å². The van der Waals surface area contributed by atoms with Crippen molar-refractivity contribution in [3.8, 4) is 0 Å². The maximum absolute atomic E-state index is 12.7. The average Bonchev–Trinajstić information content (AvgIpc) is 2.16. The Morgan fingerprint density at radius 1 is 1.57 bits per heavy atom. The van der Waals surface area contributed by atoms with Crippen molar-refractivity contribution in [3.05, 3.63) is 30.1 Å². The van der Waals surface area contributed by atoms with E-state index in [0.29, 0.717) is 5.69 Å². The van der Waals surface area contributed by atoms with Crippen molar-refractivity contribution in [2.24, 2.45) is 0 Å². The highest BCUT2D eigenvalue weighted by molar-refractivity contribution is 5.78. The van der Waals surface area contributed by atoms with Gasteiger partial charge in [0.15, 0.2) is 0 Å². The first kappa shape index (κ1) is 10.5. The summed E-state index contributed by atoms with van der Waals surface area (Å²) in [7, 11) is 1.31. The number of halogens is 1. The van der Waals surface area contributed by atoms with Crippen LogP contribution >= 0.6 is 0 Å². The molecule has 1 atom stereocenters. The highest BCUT2D eigenvalue weighted by Crippen LogP contribution is 2.10. The number of ether oxygens (including phenoxy) is 1. The molecule has 0 fully saturated rings. The molecule has 0 radical (unpaired) electrons. The van der Waals surface area contributed by atoms with Crippen LogP contribution in [0.25, 0.3) is 0 Å². The Balaban J connectivity index is 2.64. The first-order valence-corrected chi connectivity index (χ1v) is 4.23. The van der Waals surface area contributed by atoms with Gasteiger partial charge in [-0.3, -0.25) is 0 Å². The summed E-state index contributed by atoms with van der Waals surface area (Å²) in [6, 6.07) is 5.43. The molecule has 0 aliphatic rings. The van der Waals surface area contributed by atoms with E-state index >= 15 is 0 Å². The van der Waals surface area contributed by atoms with Crippen molar-refractivity contribution in [2.45, 2.75) is 13.0 Å². The largest absolute Gasteiger partial charge is 0.467 e. The third-order valence-electron chi connectivity index (χ3n) is 1.76. The minimum atomic E-state index is -0.484. The molecule has 0 saturated heterocycles. The summed E-state index contributed by atoms with van der Waals surface area (Å²) in [6.45, 7) is 1.65. The molecule has 1 rings (SSSR count). The Kier molecular flexibility index (Phi) is 3.45. The second kappa shape index (κ2) is 4.60. The lowest BCUT2D eigenvalue weighted by Gasteiger charge is -2.12. The monoisotopic (exact) mass is 197 g/mol. The van der Waals surface area contributed by atoms with Gasteiger partial charge in [-0.05, 0) is 25.1 Å². The number of hydrogen-bond acceptors (Lipinski definition) is 3. The third-order valence-corrected chi connectivity index (χ3v) is 1.76. The molecule has 0 heterocycles. The van der Waals surface area contributed by atoms with E-state index in [1.165, 1.54) is 19.2 Å². The summed E-state index contributed by atoms with van der Waals surface area (Å²) in [6.07, 6.45) is 0. The number of hydrogen-bond donors (Lipinski definition) is 1. The van der Waals surface area contributed by atoms with Crippen LogP contribution in [0.15, 0.2) is 24.3 Å². The second-order valence-electron chi connectivity index (χ2n) is 2.90. The smallest absolute Gasteiger partial charge is 0.327 e. The molecule has 1 aromatic rings. The minimum absolute atomic E-state index is 0.341. The van der Waals surface area contributed by atoms with E-state index in [9.17, 15) is 9.18 Å². The van der Waals surface area contributed by atoms with Gasteiger partial charge in [-0.2, -0.15) is 0 Å². The van der Waals surface area contributed by atoms with Crippen LogP contribution in [0.4, 0.5) is 10.1 Å². The van der Waals surface area contributed by atoms with Crippen LogP contribution in [0.2, 0.25) is 0 Å². The number of nitrogens with one attached hydrogen (secondary N) is 1. The van der Waals surface area contributed by atoms with Crippen molar-refractivity contribution in [1.82, 2.24) is 0 Å². The molecule has 0 aromatic heterocycles. The zero-order chi connectivity index (χ0) is 10.6. The second-order valence-corrected chi connectivity index (χ2v) is 2.90. The van der Waals surface area contributed by atoms with Crippen LogP contribution in [-0.4, -0.2) is 19.1 Å². The number of carbonyl (C=O) groups excluding carboxylic acids is 1. The molecule has 0 saturated carbocycles. The molecule has 1 N–H and O–H groups in total. The van der Waals surface area contributed by atoms with Gasteiger partial charge in [-0.15, -0.1) is 0 Å². The number of methoxy groups -OCH3 is 1. The molecule has 0 aliphatic carbocycles. The van der Waals surface area contributed by atoms with Gasteiger partial charge >= 0.3 is 5.97 Å². The molecule has 76 valence electrons. The standard InChI is InChI=1S/C10H12FNO2/c1-7(10(13)14-2)12-9-5-3-4-8(11)6-9/h3-7,12H,1-2H3. The van der Waals surface area contributed by atoms with Gasteiger partial charge in [0.1, 0.15) is 11.9 Å². The van der Waals surface area contributed by atoms with Crippen LogP contribution in [0.1, 0.15) is 6.92 Å². The maximum atomic E-state index is 12.7. The fourth-order valence-corrected chi connectivity index (χ4v) is 1.06. The number of carbonyl (C=O) groups is 1. The Bertz CT molecular complexity index is 328. The van der Waals surface area contributed by atoms with Crippen molar-refractivity contribution < 1.29 is 13.9 Å². The van der Waals surface area contributed by atoms with E-state index in [4.69, 9.17) is 0 Å². The van der Waals surface area contributed by atoms with Crippen LogP contribution in [0.3, 0.4) is 0 Å². The lowest BCUT2D eigenvalue weighted by Crippen LogP contribution is -2.27. The summed E-state index contributed by atoms with van der Waals surface area (Å²) in [5, 5.41) is 2.82. The van der Waals surface area contributed by atoms with E-state index in [1.54, 1.807) is 19.1 Å². The predicted molar refractivity (Wildman–Crippen MR) is 51.5 cm³/mol. The van der Waals surface area contributed by atoms with Crippen molar-refractivity contribution >= 4 is 11.7 Å². The first-order chi connectivity index (χ1) is 6.63. The molecule has 0 amide bonds. The Morgan fingerprint density at radius 2 is 2.29 bits per heavy atom. The molecule has 14 heavy (non-hydrogen) atoms. The zero-order valence-corrected chi connectivity index (χ0v) is 8.08. The van der Waals surface area contributed by atoms with Gasteiger partial charge < -0.3 is 10.1 Å². The molecule has 1 unspecified atom stereocenters. The van der Waals surface area contributed by atoms with E-state index < -0.39 is 6.04 Å². The highest BCUT2D eigenvalue weighted by atomic mass is 19.1. The highest BCUT2D eigenvalue weighted by Gasteiger charge is 2.12. The molecule has 3 nitrogen and oxygen atoms in total. The third kappa shape index (κ3) is 2.73. The summed E-state index contributed by atoms with van der Waals surface area (Å²) in [5.74, 6) is -0.721. The molecule has 0 bridgehead atoms. The van der Waals surface area contributed by atoms with Gasteiger partial charge in [-0.25, -0.2) is 9.18 Å². The molecule has 0 aliphatic heterocycles. The van der Waals surface area contributed by atoms with Gasteiger partial charge in [0.05, 0.1) is 7.11 Å². The number of anilines is 1. The van der Waals surface area contributed by atoms with Crippen LogP contribution in [0, 0.1) is 5.82 Å². The van der Waals surface area contributed by atoms with Crippen LogP contribution in [0.5, 0.6) is 0 Å². The van der Waals surface area contributed by atoms with E-state index in [0.717, 1.165) is 0 Å². The molecular formula is C10H12FNO2. The summed E-state index contributed by atoms with van der Waals surface area (Å²) < 4.78 is 17.3. The predicted octanol–water partition coefficient (Wildman–Crippen LogP) is 1.80. The van der Waals surface area contributed by atoms with Gasteiger partial charge in [0.25, 0.3) is 0 Å². The molecule has 0 spiro atoms. The normalized spacial score (nSPS) is 11.9. The quantitative estimate of drug-likeness (QED) is 0.751. The number of benzene rings is 1. The van der Waals surface area contributed by atoms with Gasteiger partial charge in [0, 0.05) is 5.69 Å². The lowest BCUT2D eigenvalue weighted by atomic mass is 10.2. The van der Waals surface area contributed by atoms with E-state index in [-0.39, 0.29) is 11.8 Å². The first-order valence-electron chi connectivity index (χ1n) is 4.23. The lowest BCUT2D eigenvalue weighted by molar-refractivity contribution is -0.141. The fourth-order valence-electron chi connectivity index (χ4n) is 1.06. The topological polar surface area (TPSA) is 38.3 Å². The Labute approximate surface area is 81.9 Å². The fraction of sp³-hybridized carbons (Fsp3) is 0.300. The zero-order valence-electron chi connectivity index (χ0n) is 8.08. The maximum Gasteiger partial charge on any atom is 0.327 e. The number of rotatable bonds is 3. The minimum Gasteiger partial charge on any atom is -0.467 e. The van der Waals surface area contributed by atoms with Crippen molar-refractivity contribution in [1.29, 1.82) is 0 Å². The van der Waals surface area contributed by atoms with Gasteiger partial charge in [0.2, 0.25) is 0 Å². The van der Waals surface area contributed by atoms with E-state index in [1.807, 2.05) is 0 Å². The van der Waals surface area contributed by atoms with Crippen LogP contribution < -0.4 is 5.32 Å². The SMILES string of the molecule is COC(=O)C(C)Nc1cccc(F)c1. The summed E-state index contributed by atoms with van der Waals surface area (Å²) >= 11 is 0.